The van der Waals surface area contributed by atoms with Gasteiger partial charge in [-0.15, -0.1) is 0 Å². The van der Waals surface area contributed by atoms with Gasteiger partial charge in [-0.2, -0.15) is 5.10 Å². The molecule has 4 rings (SSSR count). The van der Waals surface area contributed by atoms with Gasteiger partial charge in [0.05, 0.1) is 22.8 Å². The summed E-state index contributed by atoms with van der Waals surface area (Å²) in [6, 6.07) is 4.10. The number of anilines is 1. The van der Waals surface area contributed by atoms with Crippen LogP contribution < -0.4 is 10.6 Å². The lowest BCUT2D eigenvalue weighted by Gasteiger charge is -2.18. The van der Waals surface area contributed by atoms with E-state index in [1.54, 1.807) is 23.0 Å². The first kappa shape index (κ1) is 18.8. The van der Waals surface area contributed by atoms with Crippen LogP contribution in [0.3, 0.4) is 0 Å². The number of oxime groups is 1. The third-order valence-electron chi connectivity index (χ3n) is 4.29. The summed E-state index contributed by atoms with van der Waals surface area (Å²) in [7, 11) is 0. The Morgan fingerprint density at radius 3 is 2.79 bits per heavy atom. The quantitative estimate of drug-likeness (QED) is 0.610. The van der Waals surface area contributed by atoms with Gasteiger partial charge in [0.15, 0.2) is 11.5 Å². The maximum atomic E-state index is 13.8. The van der Waals surface area contributed by atoms with E-state index >= 15 is 0 Å². The maximum Gasteiger partial charge on any atom is 0.203 e. The fourth-order valence-electron chi connectivity index (χ4n) is 2.96. The van der Waals surface area contributed by atoms with Crippen LogP contribution >= 0.6 is 23.2 Å². The van der Waals surface area contributed by atoms with E-state index in [1.165, 1.54) is 12.1 Å². The lowest BCUT2D eigenvalue weighted by atomic mass is 10.1. The summed E-state index contributed by atoms with van der Waals surface area (Å²) in [6.45, 7) is 5.56. The Labute approximate surface area is 170 Å². The number of hydrogen-bond donors (Lipinski definition) is 2. The smallest absolute Gasteiger partial charge is 0.203 e. The summed E-state index contributed by atoms with van der Waals surface area (Å²) in [6.07, 6.45) is 3.42. The molecule has 0 saturated heterocycles. The molecule has 10 heteroatoms. The Bertz CT molecular complexity index is 1100. The van der Waals surface area contributed by atoms with E-state index in [-0.39, 0.29) is 11.1 Å². The molecule has 7 nitrogen and oxygen atoms in total. The highest BCUT2D eigenvalue weighted by atomic mass is 35.5. The Balaban J connectivity index is 1.66. The molecule has 1 aliphatic rings. The number of aromatic nitrogens is 3. The van der Waals surface area contributed by atoms with Crippen molar-refractivity contribution in [1.29, 1.82) is 0 Å². The van der Waals surface area contributed by atoms with Crippen molar-refractivity contribution in [2.45, 2.75) is 32.5 Å². The summed E-state index contributed by atoms with van der Waals surface area (Å²) < 4.78 is 15.5. The minimum Gasteiger partial charge on any atom is -0.366 e. The van der Waals surface area contributed by atoms with Crippen LogP contribution in [0.2, 0.25) is 10.0 Å². The summed E-state index contributed by atoms with van der Waals surface area (Å²) in [4.78, 5) is 9.96. The second-order valence-electron chi connectivity index (χ2n) is 6.93. The van der Waals surface area contributed by atoms with E-state index in [4.69, 9.17) is 28.0 Å². The fourth-order valence-corrected chi connectivity index (χ4v) is 3.65. The normalized spacial score (nSPS) is 16.4. The predicted molar refractivity (Wildman–Crippen MR) is 106 cm³/mol. The Hall–Kier alpha value is -2.58. The molecule has 2 N–H and O–H groups in total. The molecule has 3 aromatic rings. The Morgan fingerprint density at radius 2 is 2.07 bits per heavy atom. The van der Waals surface area contributed by atoms with Crippen molar-refractivity contribution in [3.8, 4) is 0 Å². The lowest BCUT2D eigenvalue weighted by Crippen LogP contribution is -2.38. The van der Waals surface area contributed by atoms with Crippen molar-refractivity contribution in [1.82, 2.24) is 19.9 Å². The van der Waals surface area contributed by atoms with Gasteiger partial charge in [0.1, 0.15) is 11.6 Å². The molecule has 0 amide bonds. The molecule has 28 heavy (non-hydrogen) atoms. The lowest BCUT2D eigenvalue weighted by molar-refractivity contribution is -0.00234. The number of nitrogens with zero attached hydrogens (tertiary/aromatic N) is 4. The van der Waals surface area contributed by atoms with Crippen LogP contribution in [0.5, 0.6) is 0 Å². The molecule has 1 aliphatic heterocycles. The number of nitrogens with one attached hydrogen (secondary N) is 2. The van der Waals surface area contributed by atoms with Crippen molar-refractivity contribution < 1.29 is 9.23 Å². The monoisotopic (exact) mass is 422 g/mol. The largest absolute Gasteiger partial charge is 0.366 e. The highest BCUT2D eigenvalue weighted by Gasteiger charge is 2.30. The molecule has 0 bridgehead atoms. The van der Waals surface area contributed by atoms with E-state index in [1.807, 2.05) is 20.8 Å². The summed E-state index contributed by atoms with van der Waals surface area (Å²) in [5, 5.41) is 15.1. The minimum atomic E-state index is -0.598. The van der Waals surface area contributed by atoms with Crippen molar-refractivity contribution in [2.75, 3.05) is 5.32 Å². The SMILES string of the molecule is CC(Nc1ccn2ncc(C3=NOC(C)(C)N3)c2n1)c1c(Cl)ccc(F)c1Cl. The van der Waals surface area contributed by atoms with E-state index < -0.39 is 11.5 Å². The highest BCUT2D eigenvalue weighted by molar-refractivity contribution is 6.36. The van der Waals surface area contributed by atoms with Crippen molar-refractivity contribution in [2.24, 2.45) is 5.16 Å². The molecule has 0 fully saturated rings. The van der Waals surface area contributed by atoms with Gasteiger partial charge in [-0.05, 0) is 39.0 Å². The second kappa shape index (κ2) is 6.79. The number of fused-ring (bicyclic) bond motifs is 1. The van der Waals surface area contributed by atoms with Gasteiger partial charge in [0, 0.05) is 16.8 Å². The number of rotatable bonds is 4. The molecular formula is C18H17Cl2FN6O. The van der Waals surface area contributed by atoms with Gasteiger partial charge >= 0.3 is 0 Å². The predicted octanol–water partition coefficient (Wildman–Crippen LogP) is 4.37. The van der Waals surface area contributed by atoms with Gasteiger partial charge in [0.25, 0.3) is 0 Å². The average molecular weight is 423 g/mol. The minimum absolute atomic E-state index is 0.0116. The van der Waals surface area contributed by atoms with Crippen molar-refractivity contribution in [3.05, 3.63) is 57.6 Å². The van der Waals surface area contributed by atoms with Crippen molar-refractivity contribution >= 4 is 40.5 Å². The number of amidine groups is 1. The van der Waals surface area contributed by atoms with Crippen LogP contribution in [0.1, 0.15) is 37.9 Å². The first-order chi connectivity index (χ1) is 13.2. The van der Waals surface area contributed by atoms with Crippen LogP contribution in [0.25, 0.3) is 5.65 Å². The molecular weight excluding hydrogens is 406 g/mol. The zero-order chi connectivity index (χ0) is 20.1. The van der Waals surface area contributed by atoms with E-state index in [0.717, 1.165) is 0 Å². The van der Waals surface area contributed by atoms with Gasteiger partial charge in [-0.3, -0.25) is 0 Å². The van der Waals surface area contributed by atoms with Crippen LogP contribution in [0, 0.1) is 5.82 Å². The molecule has 1 unspecified atom stereocenters. The molecule has 0 aliphatic carbocycles. The Kier molecular flexibility index (Phi) is 4.55. The van der Waals surface area contributed by atoms with Gasteiger partial charge in [-0.1, -0.05) is 28.4 Å². The molecule has 1 aromatic carbocycles. The molecule has 0 saturated carbocycles. The van der Waals surface area contributed by atoms with Crippen LogP contribution in [0.4, 0.5) is 10.2 Å². The van der Waals surface area contributed by atoms with Crippen molar-refractivity contribution in [3.63, 3.8) is 0 Å². The molecule has 146 valence electrons. The first-order valence-corrected chi connectivity index (χ1v) is 9.30. The van der Waals surface area contributed by atoms with Gasteiger partial charge < -0.3 is 15.5 Å². The van der Waals surface area contributed by atoms with Crippen LogP contribution in [-0.2, 0) is 4.84 Å². The zero-order valence-electron chi connectivity index (χ0n) is 15.3. The Morgan fingerprint density at radius 1 is 1.29 bits per heavy atom. The topological polar surface area (TPSA) is 75.8 Å². The molecule has 0 spiro atoms. The maximum absolute atomic E-state index is 13.8. The molecule has 0 radical (unpaired) electrons. The van der Waals surface area contributed by atoms with Crippen LogP contribution in [-0.4, -0.2) is 26.2 Å². The second-order valence-corrected chi connectivity index (χ2v) is 7.71. The fraction of sp³-hybridized carbons (Fsp3) is 0.278. The standard InChI is InChI=1S/C18H17Cl2FN6O/c1-9(14-11(19)4-5-12(21)15(14)20)23-13-6-7-27-17(24-13)10(8-22-27)16-25-18(2,3)28-26-16/h4-9H,1-3H3,(H,23,24)(H,25,26). The molecule has 1 atom stereocenters. The van der Waals surface area contributed by atoms with Gasteiger partial charge in [0.2, 0.25) is 5.72 Å². The average Bonchev–Trinajstić information content (AvgIpc) is 3.21. The summed E-state index contributed by atoms with van der Waals surface area (Å²) in [5.74, 6) is 0.579. The van der Waals surface area contributed by atoms with Gasteiger partial charge in [-0.25, -0.2) is 13.9 Å². The van der Waals surface area contributed by atoms with E-state index in [9.17, 15) is 4.39 Å². The number of hydrogen-bond acceptors (Lipinski definition) is 6. The zero-order valence-corrected chi connectivity index (χ0v) is 16.8. The number of halogens is 3. The third-order valence-corrected chi connectivity index (χ3v) is 5.00. The summed E-state index contributed by atoms with van der Waals surface area (Å²) in [5.41, 5.74) is 1.15. The van der Waals surface area contributed by atoms with E-state index in [2.05, 4.69) is 25.9 Å². The third kappa shape index (κ3) is 3.33. The molecule has 2 aromatic heterocycles. The first-order valence-electron chi connectivity index (χ1n) is 8.54. The summed E-state index contributed by atoms with van der Waals surface area (Å²) >= 11 is 12.3. The van der Waals surface area contributed by atoms with Crippen LogP contribution in [0.15, 0.2) is 35.7 Å². The molecule has 3 heterocycles. The number of benzene rings is 1. The highest BCUT2D eigenvalue weighted by Crippen LogP contribution is 2.34. The van der Waals surface area contributed by atoms with E-state index in [0.29, 0.717) is 33.5 Å².